The van der Waals surface area contributed by atoms with Gasteiger partial charge < -0.3 is 0 Å². The molecule has 4 heteroatoms. The van der Waals surface area contributed by atoms with Crippen LogP contribution in [0.25, 0.3) is 0 Å². The summed E-state index contributed by atoms with van der Waals surface area (Å²) < 4.78 is 0. The van der Waals surface area contributed by atoms with Crippen LogP contribution in [0.4, 0.5) is 0 Å². The van der Waals surface area contributed by atoms with Gasteiger partial charge >= 0.3 is 0 Å². The topological polar surface area (TPSA) is 38.0 Å². The third-order valence-corrected chi connectivity index (χ3v) is 5.86. The van der Waals surface area contributed by atoms with E-state index in [1.54, 1.807) is 10.4 Å². The molecule has 0 saturated heterocycles. The van der Waals surface area contributed by atoms with Crippen molar-refractivity contribution in [2.45, 2.75) is 38.1 Å². The monoisotopic (exact) mass is 278 g/mol. The summed E-state index contributed by atoms with van der Waals surface area (Å²) in [5.74, 6) is 5.72. The van der Waals surface area contributed by atoms with E-state index in [-0.39, 0.29) is 0 Å². The molecule has 18 heavy (non-hydrogen) atoms. The molecule has 0 amide bonds. The van der Waals surface area contributed by atoms with E-state index in [1.165, 1.54) is 29.0 Å². The first-order chi connectivity index (χ1) is 8.86. The lowest BCUT2D eigenvalue weighted by Gasteiger charge is -2.13. The van der Waals surface area contributed by atoms with E-state index in [2.05, 4.69) is 29.0 Å². The summed E-state index contributed by atoms with van der Waals surface area (Å²) in [5.41, 5.74) is 4.55. The molecule has 0 aliphatic heterocycles. The Bertz CT molecular complexity index is 480. The summed E-state index contributed by atoms with van der Waals surface area (Å²) in [6.45, 7) is 0. The first-order valence-electron chi connectivity index (χ1n) is 6.47. The Morgan fingerprint density at radius 2 is 2.33 bits per heavy atom. The maximum Gasteiger partial charge on any atom is 0.0556 e. The molecular weight excluding hydrogens is 260 g/mol. The van der Waals surface area contributed by atoms with Gasteiger partial charge in [0.1, 0.15) is 0 Å². The Kier molecular flexibility index (Phi) is 3.80. The molecule has 0 saturated carbocycles. The number of hydrogen-bond donors (Lipinski definition) is 2. The minimum absolute atomic E-state index is 0.308. The second-order valence-corrected chi connectivity index (χ2v) is 6.99. The smallest absolute Gasteiger partial charge is 0.0556 e. The Morgan fingerprint density at radius 1 is 1.39 bits per heavy atom. The second-order valence-electron chi connectivity index (χ2n) is 4.79. The molecule has 3 N–H and O–H groups in total. The van der Waals surface area contributed by atoms with Crippen LogP contribution in [0.15, 0.2) is 23.6 Å². The fourth-order valence-electron chi connectivity index (χ4n) is 2.57. The van der Waals surface area contributed by atoms with Gasteiger partial charge in [-0.05, 0) is 55.2 Å². The average molecular weight is 278 g/mol. The fraction of sp³-hybridized carbons (Fsp3) is 0.429. The Hall–Kier alpha value is -0.680. The summed E-state index contributed by atoms with van der Waals surface area (Å²) >= 11 is 3.78. The number of rotatable bonds is 5. The van der Waals surface area contributed by atoms with Gasteiger partial charge in [-0.3, -0.25) is 11.3 Å². The van der Waals surface area contributed by atoms with Gasteiger partial charge in [-0.15, -0.1) is 22.7 Å². The third-order valence-electron chi connectivity index (χ3n) is 3.57. The highest BCUT2D eigenvalue weighted by Gasteiger charge is 2.19. The number of nitrogens with two attached hydrogens (primary N) is 1. The van der Waals surface area contributed by atoms with Crippen molar-refractivity contribution in [2.24, 2.45) is 5.84 Å². The molecule has 3 rings (SSSR count). The van der Waals surface area contributed by atoms with E-state index >= 15 is 0 Å². The predicted octanol–water partition coefficient (Wildman–Crippen LogP) is 3.44. The van der Waals surface area contributed by atoms with Crippen molar-refractivity contribution in [2.75, 3.05) is 0 Å². The Balaban J connectivity index is 1.67. The quantitative estimate of drug-likeness (QED) is 0.649. The maximum atomic E-state index is 5.72. The van der Waals surface area contributed by atoms with Crippen LogP contribution in [0.1, 0.15) is 39.1 Å². The summed E-state index contributed by atoms with van der Waals surface area (Å²) in [6, 6.07) is 6.99. The van der Waals surface area contributed by atoms with Gasteiger partial charge in [0.15, 0.2) is 0 Å². The van der Waals surface area contributed by atoms with Crippen molar-refractivity contribution in [3.63, 3.8) is 0 Å². The van der Waals surface area contributed by atoms with Gasteiger partial charge in [-0.1, -0.05) is 6.07 Å². The van der Waals surface area contributed by atoms with E-state index in [0.29, 0.717) is 6.04 Å². The van der Waals surface area contributed by atoms with Crippen LogP contribution in [-0.4, -0.2) is 0 Å². The van der Waals surface area contributed by atoms with E-state index in [9.17, 15) is 0 Å². The van der Waals surface area contributed by atoms with Crippen molar-refractivity contribution in [1.29, 1.82) is 0 Å². The number of aryl methyl sites for hydroxylation is 3. The van der Waals surface area contributed by atoms with Crippen LogP contribution < -0.4 is 11.3 Å². The standard InChI is InChI=1S/C14H18N2S2/c15-16-12(7-6-11-4-2-8-17-11)14-9-10-3-1-5-13(10)18-14/h2,4,8-9,12,16H,1,3,5-7,15H2. The van der Waals surface area contributed by atoms with Gasteiger partial charge in [0.25, 0.3) is 0 Å². The number of thiophene rings is 2. The van der Waals surface area contributed by atoms with Crippen LogP contribution in [0.5, 0.6) is 0 Å². The normalized spacial score (nSPS) is 15.8. The number of hydrazine groups is 1. The van der Waals surface area contributed by atoms with E-state index in [1.807, 2.05) is 22.7 Å². The lowest BCUT2D eigenvalue weighted by molar-refractivity contribution is 0.525. The lowest BCUT2D eigenvalue weighted by Crippen LogP contribution is -2.27. The molecule has 2 heterocycles. The van der Waals surface area contributed by atoms with Gasteiger partial charge in [-0.25, -0.2) is 0 Å². The van der Waals surface area contributed by atoms with Crippen LogP contribution in [0.2, 0.25) is 0 Å². The van der Waals surface area contributed by atoms with Gasteiger partial charge in [-0.2, -0.15) is 0 Å². The van der Waals surface area contributed by atoms with E-state index in [4.69, 9.17) is 5.84 Å². The predicted molar refractivity (Wildman–Crippen MR) is 79.0 cm³/mol. The van der Waals surface area contributed by atoms with Crippen molar-refractivity contribution >= 4 is 22.7 Å². The first kappa shape index (κ1) is 12.4. The Labute approximate surface area is 116 Å². The zero-order valence-corrected chi connectivity index (χ0v) is 11.9. The molecular formula is C14H18N2S2. The lowest BCUT2D eigenvalue weighted by atomic mass is 10.1. The second kappa shape index (κ2) is 5.53. The van der Waals surface area contributed by atoms with Gasteiger partial charge in [0.2, 0.25) is 0 Å². The van der Waals surface area contributed by atoms with Crippen LogP contribution in [-0.2, 0) is 19.3 Å². The van der Waals surface area contributed by atoms with Crippen LogP contribution in [0.3, 0.4) is 0 Å². The zero-order chi connectivity index (χ0) is 12.4. The minimum Gasteiger partial charge on any atom is -0.271 e. The SMILES string of the molecule is NNC(CCc1cccs1)c1cc2c(s1)CCC2. The summed E-state index contributed by atoms with van der Waals surface area (Å²) in [7, 11) is 0. The fourth-order valence-corrected chi connectivity index (χ4v) is 4.65. The number of fused-ring (bicyclic) bond motifs is 1. The summed E-state index contributed by atoms with van der Waals surface area (Å²) in [5, 5.41) is 2.14. The minimum atomic E-state index is 0.308. The van der Waals surface area contributed by atoms with Crippen molar-refractivity contribution < 1.29 is 0 Å². The van der Waals surface area contributed by atoms with Gasteiger partial charge in [0, 0.05) is 14.6 Å². The Morgan fingerprint density at radius 3 is 3.06 bits per heavy atom. The van der Waals surface area contributed by atoms with E-state index in [0.717, 1.165) is 12.8 Å². The average Bonchev–Trinajstić information content (AvgIpc) is 3.04. The highest BCUT2D eigenvalue weighted by molar-refractivity contribution is 7.12. The van der Waals surface area contributed by atoms with Crippen LogP contribution >= 0.6 is 22.7 Å². The molecule has 2 aromatic rings. The molecule has 0 bridgehead atoms. The molecule has 1 unspecified atom stereocenters. The molecule has 0 radical (unpaired) electrons. The molecule has 1 aliphatic rings. The molecule has 0 aromatic carbocycles. The molecule has 2 nitrogen and oxygen atoms in total. The highest BCUT2D eigenvalue weighted by atomic mass is 32.1. The van der Waals surface area contributed by atoms with Crippen molar-refractivity contribution in [3.05, 3.63) is 43.8 Å². The van der Waals surface area contributed by atoms with E-state index < -0.39 is 0 Å². The number of hydrogen-bond acceptors (Lipinski definition) is 4. The molecule has 0 fully saturated rings. The highest BCUT2D eigenvalue weighted by Crippen LogP contribution is 2.35. The largest absolute Gasteiger partial charge is 0.271 e. The summed E-state index contributed by atoms with van der Waals surface area (Å²) in [6.07, 6.45) is 6.04. The molecule has 96 valence electrons. The first-order valence-corrected chi connectivity index (χ1v) is 8.16. The summed E-state index contributed by atoms with van der Waals surface area (Å²) in [4.78, 5) is 4.44. The molecule has 2 aromatic heterocycles. The molecule has 1 aliphatic carbocycles. The third kappa shape index (κ3) is 2.52. The zero-order valence-electron chi connectivity index (χ0n) is 10.3. The number of nitrogens with one attached hydrogen (secondary N) is 1. The maximum absolute atomic E-state index is 5.72. The van der Waals surface area contributed by atoms with Crippen molar-refractivity contribution in [1.82, 2.24) is 5.43 Å². The van der Waals surface area contributed by atoms with Crippen LogP contribution in [0, 0.1) is 0 Å². The van der Waals surface area contributed by atoms with Gasteiger partial charge in [0.05, 0.1) is 6.04 Å². The molecule has 1 atom stereocenters. The molecule has 0 spiro atoms. The van der Waals surface area contributed by atoms with Crippen molar-refractivity contribution in [3.8, 4) is 0 Å².